The van der Waals surface area contributed by atoms with Crippen molar-refractivity contribution in [3.63, 3.8) is 0 Å². The van der Waals surface area contributed by atoms with E-state index >= 15 is 0 Å². The van der Waals surface area contributed by atoms with Crippen molar-refractivity contribution in [2.75, 3.05) is 0 Å². The molecule has 160 valence electrons. The van der Waals surface area contributed by atoms with Crippen LogP contribution in [0.3, 0.4) is 0 Å². The molecule has 2 N–H and O–H groups in total. The highest BCUT2D eigenvalue weighted by Gasteiger charge is 2.18. The maximum atomic E-state index is 11.6. The lowest BCUT2D eigenvalue weighted by Crippen LogP contribution is -2.02. The summed E-state index contributed by atoms with van der Waals surface area (Å²) in [4.78, 5) is -0.367. The molecule has 0 heterocycles. The molecule has 6 heteroatoms. The van der Waals surface area contributed by atoms with E-state index < -0.39 is 10.1 Å². The molecule has 0 aliphatic heterocycles. The molecule has 0 radical (unpaired) electrons. The number of unbranched alkanes of at least 4 members (excludes halogenated alkanes) is 8. The van der Waals surface area contributed by atoms with Crippen LogP contribution in [-0.2, 0) is 16.5 Å². The number of phenols is 1. The summed E-state index contributed by atoms with van der Waals surface area (Å²) in [6.07, 6.45) is 12.0. The van der Waals surface area contributed by atoms with Gasteiger partial charge in [-0.25, -0.2) is 0 Å². The highest BCUT2D eigenvalue weighted by molar-refractivity contribution is 7.86. The fraction of sp³-hybridized carbons (Fsp3) is 0.478. The predicted molar refractivity (Wildman–Crippen MR) is 115 cm³/mol. The molecule has 29 heavy (non-hydrogen) atoms. The Morgan fingerprint density at radius 3 is 2.10 bits per heavy atom. The standard InChI is InChI=1S/C23H32O5S/c1-2-3-4-5-6-7-8-9-10-13-19-14-11-12-15-21(19)28-22-18-20(24)16-17-23(22)29(25,26)27/h11-12,14-18,24H,2-10,13H2,1H3,(H,25,26,27). The molecule has 0 fully saturated rings. The van der Waals surface area contributed by atoms with E-state index in [9.17, 15) is 18.1 Å². The Labute approximate surface area is 174 Å². The van der Waals surface area contributed by atoms with Gasteiger partial charge < -0.3 is 9.84 Å². The van der Waals surface area contributed by atoms with Gasteiger partial charge in [-0.15, -0.1) is 0 Å². The van der Waals surface area contributed by atoms with Crippen molar-refractivity contribution in [2.24, 2.45) is 0 Å². The zero-order valence-electron chi connectivity index (χ0n) is 17.1. The zero-order chi connectivity index (χ0) is 21.1. The van der Waals surface area contributed by atoms with Crippen LogP contribution in [0.2, 0.25) is 0 Å². The number of hydrogen-bond donors (Lipinski definition) is 2. The van der Waals surface area contributed by atoms with Gasteiger partial charge in [0.05, 0.1) is 0 Å². The van der Waals surface area contributed by atoms with E-state index in [1.807, 2.05) is 18.2 Å². The van der Waals surface area contributed by atoms with Crippen molar-refractivity contribution < 1.29 is 22.8 Å². The number of hydrogen-bond acceptors (Lipinski definition) is 4. The van der Waals surface area contributed by atoms with Gasteiger partial charge in [-0.3, -0.25) is 4.55 Å². The fourth-order valence-electron chi connectivity index (χ4n) is 3.34. The summed E-state index contributed by atoms with van der Waals surface area (Å²) in [6.45, 7) is 2.23. The van der Waals surface area contributed by atoms with Crippen molar-refractivity contribution in [2.45, 2.75) is 76.0 Å². The molecule has 0 atom stereocenters. The second kappa shape index (κ2) is 11.8. The highest BCUT2D eigenvalue weighted by atomic mass is 32.2. The molecule has 2 rings (SSSR count). The van der Waals surface area contributed by atoms with Gasteiger partial charge in [0.15, 0.2) is 5.75 Å². The van der Waals surface area contributed by atoms with Crippen LogP contribution in [0.4, 0.5) is 0 Å². The molecule has 0 spiro atoms. The van der Waals surface area contributed by atoms with Crippen LogP contribution in [-0.4, -0.2) is 18.1 Å². The van der Waals surface area contributed by atoms with Crippen LogP contribution in [0.25, 0.3) is 0 Å². The molecule has 0 aliphatic carbocycles. The maximum Gasteiger partial charge on any atom is 0.298 e. The Kier molecular flexibility index (Phi) is 9.48. The summed E-state index contributed by atoms with van der Waals surface area (Å²) >= 11 is 0. The second-order valence-corrected chi connectivity index (χ2v) is 8.78. The molecule has 0 aliphatic rings. The predicted octanol–water partition coefficient (Wildman–Crippen LogP) is 6.50. The van der Waals surface area contributed by atoms with Crippen molar-refractivity contribution in [1.29, 1.82) is 0 Å². The van der Waals surface area contributed by atoms with E-state index in [2.05, 4.69) is 6.92 Å². The summed E-state index contributed by atoms with van der Waals surface area (Å²) in [6, 6.07) is 11.0. The number of para-hydroxylation sites is 1. The summed E-state index contributed by atoms with van der Waals surface area (Å²) in [5.41, 5.74) is 0.972. The Bertz CT molecular complexity index is 861. The number of aromatic hydroxyl groups is 1. The third-order valence-corrected chi connectivity index (χ3v) is 5.84. The summed E-state index contributed by atoms with van der Waals surface area (Å²) in [7, 11) is -4.46. The van der Waals surface area contributed by atoms with E-state index in [4.69, 9.17) is 4.74 Å². The van der Waals surface area contributed by atoms with Gasteiger partial charge in [-0.05, 0) is 36.6 Å². The van der Waals surface area contributed by atoms with Gasteiger partial charge in [-0.2, -0.15) is 8.42 Å². The van der Waals surface area contributed by atoms with Gasteiger partial charge in [0.1, 0.15) is 16.4 Å². The third-order valence-electron chi connectivity index (χ3n) is 4.95. The van der Waals surface area contributed by atoms with E-state index in [0.717, 1.165) is 30.9 Å². The molecule has 0 saturated carbocycles. The van der Waals surface area contributed by atoms with Crippen LogP contribution in [0.15, 0.2) is 47.4 Å². The molecule has 2 aromatic rings. The first kappa shape index (κ1) is 23.2. The van der Waals surface area contributed by atoms with Crippen molar-refractivity contribution >= 4 is 10.1 Å². The first-order valence-electron chi connectivity index (χ1n) is 10.5. The zero-order valence-corrected chi connectivity index (χ0v) is 18.0. The van der Waals surface area contributed by atoms with Crippen LogP contribution in [0.1, 0.15) is 70.3 Å². The minimum Gasteiger partial charge on any atom is -0.508 e. The molecule has 2 aromatic carbocycles. The number of phenolic OH excluding ortho intramolecular Hbond substituents is 1. The van der Waals surface area contributed by atoms with Crippen molar-refractivity contribution in [3.05, 3.63) is 48.0 Å². The summed E-state index contributed by atoms with van der Waals surface area (Å²) in [5, 5.41) is 9.69. The van der Waals surface area contributed by atoms with Gasteiger partial charge in [0.25, 0.3) is 10.1 Å². The fourth-order valence-corrected chi connectivity index (χ4v) is 3.94. The first-order chi connectivity index (χ1) is 13.9. The van der Waals surface area contributed by atoms with Gasteiger partial charge >= 0.3 is 0 Å². The molecule has 0 saturated heterocycles. The minimum absolute atomic E-state index is 0.0907. The topological polar surface area (TPSA) is 83.8 Å². The Morgan fingerprint density at radius 1 is 0.828 bits per heavy atom. The lowest BCUT2D eigenvalue weighted by molar-refractivity contribution is 0.433. The van der Waals surface area contributed by atoms with Crippen molar-refractivity contribution in [1.82, 2.24) is 0 Å². The molecule has 0 unspecified atom stereocenters. The Balaban J connectivity index is 1.92. The lowest BCUT2D eigenvalue weighted by Gasteiger charge is -2.13. The largest absolute Gasteiger partial charge is 0.508 e. The number of ether oxygens (including phenoxy) is 1. The van der Waals surface area contributed by atoms with E-state index in [0.29, 0.717) is 5.75 Å². The van der Waals surface area contributed by atoms with Gasteiger partial charge in [0, 0.05) is 6.07 Å². The SMILES string of the molecule is CCCCCCCCCCCc1ccccc1Oc1cc(O)ccc1S(=O)(=O)O. The molecule has 0 aromatic heterocycles. The smallest absolute Gasteiger partial charge is 0.298 e. The number of aryl methyl sites for hydroxylation is 1. The molecule has 0 bridgehead atoms. The third kappa shape index (κ3) is 8.07. The monoisotopic (exact) mass is 420 g/mol. The van der Waals surface area contributed by atoms with E-state index in [1.165, 1.54) is 57.1 Å². The summed E-state index contributed by atoms with van der Waals surface area (Å²) < 4.78 is 38.4. The highest BCUT2D eigenvalue weighted by Crippen LogP contribution is 2.34. The number of benzene rings is 2. The molecule has 0 amide bonds. The van der Waals surface area contributed by atoms with Crippen LogP contribution >= 0.6 is 0 Å². The normalized spacial score (nSPS) is 11.5. The maximum absolute atomic E-state index is 11.6. The molecular weight excluding hydrogens is 388 g/mol. The van der Waals surface area contributed by atoms with Crippen molar-refractivity contribution in [3.8, 4) is 17.2 Å². The minimum atomic E-state index is -4.46. The average molecular weight is 421 g/mol. The van der Waals surface area contributed by atoms with Gasteiger partial charge in [0.2, 0.25) is 0 Å². The van der Waals surface area contributed by atoms with E-state index in [-0.39, 0.29) is 16.4 Å². The Morgan fingerprint density at radius 2 is 1.45 bits per heavy atom. The van der Waals surface area contributed by atoms with Crippen LogP contribution in [0, 0.1) is 0 Å². The quantitative estimate of drug-likeness (QED) is 0.285. The van der Waals surface area contributed by atoms with Crippen LogP contribution in [0.5, 0.6) is 17.2 Å². The first-order valence-corrected chi connectivity index (χ1v) is 11.9. The average Bonchev–Trinajstić information content (AvgIpc) is 2.67. The Hall–Kier alpha value is -2.05. The lowest BCUT2D eigenvalue weighted by atomic mass is 10.0. The second-order valence-electron chi connectivity index (χ2n) is 7.39. The molecule has 5 nitrogen and oxygen atoms in total. The summed E-state index contributed by atoms with van der Waals surface area (Å²) in [5.74, 6) is 0.304. The van der Waals surface area contributed by atoms with E-state index in [1.54, 1.807) is 6.07 Å². The molecular formula is C23H32O5S. The van der Waals surface area contributed by atoms with Crippen LogP contribution < -0.4 is 4.74 Å². The van der Waals surface area contributed by atoms with Gasteiger partial charge in [-0.1, -0.05) is 76.5 Å². The number of rotatable bonds is 13.